The minimum absolute atomic E-state index is 0.906. The summed E-state index contributed by atoms with van der Waals surface area (Å²) in [4.78, 5) is 2.40. The minimum Gasteiger partial charge on any atom is -0.455 e. The number of hydrogen-bond acceptors (Lipinski definition) is 3. The van der Waals surface area contributed by atoms with Crippen LogP contribution in [0.5, 0.6) is 0 Å². The summed E-state index contributed by atoms with van der Waals surface area (Å²) < 4.78 is 9.50. The third-order valence-electron chi connectivity index (χ3n) is 9.64. The quantitative estimate of drug-likeness (QED) is 0.186. The van der Waals surface area contributed by atoms with E-state index in [4.69, 9.17) is 4.42 Å². The second kappa shape index (κ2) is 11.2. The first kappa shape index (κ1) is 27.9. The van der Waals surface area contributed by atoms with Crippen LogP contribution in [0.2, 0.25) is 0 Å². The van der Waals surface area contributed by atoms with Crippen LogP contribution in [0, 0.1) is 0 Å². The first-order valence-corrected chi connectivity index (χ1v) is 17.4. The highest BCUT2D eigenvalue weighted by molar-refractivity contribution is 7.25. The maximum Gasteiger partial charge on any atom is 0.143 e. The zero-order valence-electron chi connectivity index (χ0n) is 26.5. The average Bonchev–Trinajstić information content (AvgIpc) is 3.74. The highest BCUT2D eigenvalue weighted by atomic mass is 32.1. The average molecular weight is 644 g/mol. The number of nitrogens with zero attached hydrogens (tertiary/aromatic N) is 1. The number of benzene rings is 8. The van der Waals surface area contributed by atoms with Crippen LogP contribution in [0.3, 0.4) is 0 Å². The summed E-state index contributed by atoms with van der Waals surface area (Å²) in [5.41, 5.74) is 9.79. The van der Waals surface area contributed by atoms with Gasteiger partial charge in [-0.3, -0.25) is 0 Å². The predicted octanol–water partition coefficient (Wildman–Crippen LogP) is 13.9. The van der Waals surface area contributed by atoms with Gasteiger partial charge in [0.1, 0.15) is 11.2 Å². The number of para-hydroxylation sites is 2. The van der Waals surface area contributed by atoms with Crippen molar-refractivity contribution in [1.29, 1.82) is 0 Å². The lowest BCUT2D eigenvalue weighted by atomic mass is 9.97. The van der Waals surface area contributed by atoms with Crippen LogP contribution in [0.15, 0.2) is 180 Å². The van der Waals surface area contributed by atoms with E-state index in [0.29, 0.717) is 0 Å². The first-order valence-electron chi connectivity index (χ1n) is 16.6. The SMILES string of the molecule is c1ccc(-c2cccc(-c3cccc4c3oc3c5ccccc5c(N(c5ccccc5)c5ccc6c(c5)sc5ccccc56)cc43)c2)cc1. The van der Waals surface area contributed by atoms with Gasteiger partial charge in [-0.15, -0.1) is 11.3 Å². The van der Waals surface area contributed by atoms with Gasteiger partial charge in [0.05, 0.1) is 5.69 Å². The molecule has 0 radical (unpaired) electrons. The molecular formula is C46H29NOS. The van der Waals surface area contributed by atoms with E-state index in [1.165, 1.54) is 31.3 Å². The third-order valence-corrected chi connectivity index (χ3v) is 10.8. The van der Waals surface area contributed by atoms with Crippen molar-refractivity contribution in [2.75, 3.05) is 4.90 Å². The number of rotatable bonds is 5. The second-order valence-corrected chi connectivity index (χ2v) is 13.6. The van der Waals surface area contributed by atoms with E-state index in [-0.39, 0.29) is 0 Å². The highest BCUT2D eigenvalue weighted by Crippen LogP contribution is 2.47. The lowest BCUT2D eigenvalue weighted by Crippen LogP contribution is -2.10. The summed E-state index contributed by atoms with van der Waals surface area (Å²) in [6, 6.07) is 63.1. The topological polar surface area (TPSA) is 16.4 Å². The van der Waals surface area contributed by atoms with E-state index in [2.05, 4.69) is 181 Å². The fourth-order valence-electron chi connectivity index (χ4n) is 7.37. The van der Waals surface area contributed by atoms with Gasteiger partial charge in [-0.2, -0.15) is 0 Å². The molecule has 0 spiro atoms. The molecule has 10 rings (SSSR count). The molecule has 0 aliphatic carbocycles. The Bertz CT molecular complexity index is 2830. The highest BCUT2D eigenvalue weighted by Gasteiger charge is 2.22. The normalized spacial score (nSPS) is 11.7. The van der Waals surface area contributed by atoms with E-state index in [0.717, 1.165) is 60.9 Å². The van der Waals surface area contributed by atoms with Gasteiger partial charge in [-0.05, 0) is 59.2 Å². The molecule has 0 amide bonds. The Kier molecular flexibility index (Phi) is 6.39. The van der Waals surface area contributed by atoms with Gasteiger partial charge in [-0.25, -0.2) is 0 Å². The zero-order valence-corrected chi connectivity index (χ0v) is 27.3. The smallest absolute Gasteiger partial charge is 0.143 e. The minimum atomic E-state index is 0.906. The van der Waals surface area contributed by atoms with E-state index in [1.807, 2.05) is 11.3 Å². The fourth-order valence-corrected chi connectivity index (χ4v) is 8.51. The van der Waals surface area contributed by atoms with Crippen LogP contribution in [0.1, 0.15) is 0 Å². The van der Waals surface area contributed by atoms with Gasteiger partial charge in [0.25, 0.3) is 0 Å². The molecule has 0 saturated carbocycles. The maximum absolute atomic E-state index is 6.92. The molecule has 8 aromatic carbocycles. The van der Waals surface area contributed by atoms with E-state index in [1.54, 1.807) is 0 Å². The van der Waals surface area contributed by atoms with Crippen LogP contribution in [-0.2, 0) is 0 Å². The number of hydrogen-bond donors (Lipinski definition) is 0. The summed E-state index contributed by atoms with van der Waals surface area (Å²) in [5.74, 6) is 0. The predicted molar refractivity (Wildman–Crippen MR) is 210 cm³/mol. The monoisotopic (exact) mass is 643 g/mol. The van der Waals surface area contributed by atoms with E-state index in [9.17, 15) is 0 Å². The molecule has 0 atom stereocenters. The first-order chi connectivity index (χ1) is 24.3. The van der Waals surface area contributed by atoms with Gasteiger partial charge in [0.15, 0.2) is 0 Å². The molecule has 0 bridgehead atoms. The van der Waals surface area contributed by atoms with Gasteiger partial charge in [0, 0.05) is 58.7 Å². The Hall–Kier alpha value is -6.16. The molecule has 0 fully saturated rings. The largest absolute Gasteiger partial charge is 0.455 e. The molecule has 0 N–H and O–H groups in total. The summed E-state index contributed by atoms with van der Waals surface area (Å²) >= 11 is 1.85. The van der Waals surface area contributed by atoms with E-state index < -0.39 is 0 Å². The number of fused-ring (bicyclic) bond motifs is 8. The standard InChI is InChI=1S/C46H29NOS/c1-3-13-30(14-4-1)31-15-11-16-32(27-31)35-22-12-23-40-41-29-42(36-19-7-8-21-39(36)46(41)48-45(35)40)47(33-17-5-2-6-18-33)34-25-26-38-37-20-9-10-24-43(37)49-44(38)28-34/h1-29H. The lowest BCUT2D eigenvalue weighted by Gasteiger charge is -2.27. The molecule has 0 unspecified atom stereocenters. The summed E-state index contributed by atoms with van der Waals surface area (Å²) in [6.45, 7) is 0. The van der Waals surface area contributed by atoms with Crippen molar-refractivity contribution in [2.24, 2.45) is 0 Å². The van der Waals surface area contributed by atoms with Crippen molar-refractivity contribution >= 4 is 81.3 Å². The van der Waals surface area contributed by atoms with Gasteiger partial charge in [0.2, 0.25) is 0 Å². The summed E-state index contributed by atoms with van der Waals surface area (Å²) in [7, 11) is 0. The maximum atomic E-state index is 6.92. The number of anilines is 3. The van der Waals surface area contributed by atoms with Crippen molar-refractivity contribution in [3.8, 4) is 22.3 Å². The molecule has 49 heavy (non-hydrogen) atoms. The molecule has 2 heterocycles. The zero-order chi connectivity index (χ0) is 32.3. The molecular weight excluding hydrogens is 615 g/mol. The molecule has 230 valence electrons. The number of thiophene rings is 1. The Labute approximate surface area is 287 Å². The van der Waals surface area contributed by atoms with Crippen LogP contribution in [0.25, 0.3) is 75.1 Å². The lowest BCUT2D eigenvalue weighted by molar-refractivity contribution is 0.674. The Morgan fingerprint density at radius 2 is 1.00 bits per heavy atom. The van der Waals surface area contributed by atoms with Crippen LogP contribution < -0.4 is 4.90 Å². The molecule has 0 aliphatic heterocycles. The van der Waals surface area contributed by atoms with Crippen molar-refractivity contribution in [1.82, 2.24) is 0 Å². The van der Waals surface area contributed by atoms with Gasteiger partial charge >= 0.3 is 0 Å². The number of furan rings is 1. The molecule has 10 aromatic rings. The Balaban J connectivity index is 1.22. The van der Waals surface area contributed by atoms with Gasteiger partial charge in [-0.1, -0.05) is 133 Å². The van der Waals surface area contributed by atoms with Crippen molar-refractivity contribution < 1.29 is 4.42 Å². The molecule has 0 aliphatic rings. The Morgan fingerprint density at radius 1 is 0.367 bits per heavy atom. The third kappa shape index (κ3) is 4.55. The van der Waals surface area contributed by atoms with Gasteiger partial charge < -0.3 is 9.32 Å². The molecule has 2 aromatic heterocycles. The van der Waals surface area contributed by atoms with Crippen molar-refractivity contribution in [2.45, 2.75) is 0 Å². The molecule has 3 heteroatoms. The Morgan fingerprint density at radius 3 is 1.86 bits per heavy atom. The second-order valence-electron chi connectivity index (χ2n) is 12.5. The summed E-state index contributed by atoms with van der Waals surface area (Å²) in [6.07, 6.45) is 0. The van der Waals surface area contributed by atoms with Crippen LogP contribution in [0.4, 0.5) is 17.1 Å². The summed E-state index contributed by atoms with van der Waals surface area (Å²) in [5, 5.41) is 7.05. The van der Waals surface area contributed by atoms with Crippen molar-refractivity contribution in [3.05, 3.63) is 176 Å². The van der Waals surface area contributed by atoms with Crippen LogP contribution in [-0.4, -0.2) is 0 Å². The molecule has 0 saturated heterocycles. The fraction of sp³-hybridized carbons (Fsp3) is 0. The van der Waals surface area contributed by atoms with Crippen LogP contribution >= 0.6 is 11.3 Å². The molecule has 2 nitrogen and oxygen atoms in total. The van der Waals surface area contributed by atoms with Crippen molar-refractivity contribution in [3.63, 3.8) is 0 Å². The van der Waals surface area contributed by atoms with E-state index >= 15 is 0 Å².